The highest BCUT2D eigenvalue weighted by Gasteiger charge is 2.54. The zero-order valence-corrected chi connectivity index (χ0v) is 36.0. The number of amides is 1. The fraction of sp³-hybridized carbons (Fsp3) is 0.600. The van der Waals surface area contributed by atoms with Crippen molar-refractivity contribution >= 4 is 58.0 Å². The van der Waals surface area contributed by atoms with Crippen molar-refractivity contribution in [2.24, 2.45) is 0 Å². The second-order valence-electron chi connectivity index (χ2n) is 15.8. The molecule has 0 aliphatic carbocycles. The standard InChI is InChI=1S/C35H52N7O7PSSi2/c1-34(2,3)52(7,8)46-22-26-28(49-53(9,10)35(4,5)6)29(48-50(51,44-20-14-18-36)45-21-15-19-37)33(47-26)42-24-40-27-30(38-23-39-31(27)42)41-32(43)25-16-12-11-13-17-25/h11-13,16-17,23-24,26,28-29,33H,14-15,20-22H2,1-10H3,(H,38,39,41,43)/t26-,28-,29-,33-/m1/s1. The number of anilines is 1. The third kappa shape index (κ3) is 10.4. The molecule has 1 aliphatic rings. The van der Waals surface area contributed by atoms with Crippen LogP contribution in [0.15, 0.2) is 43.0 Å². The zero-order valence-electron chi connectivity index (χ0n) is 32.3. The number of carbonyl (C=O) groups is 1. The Hall–Kier alpha value is -2.94. The second-order valence-corrected chi connectivity index (χ2v) is 28.4. The Labute approximate surface area is 320 Å². The summed E-state index contributed by atoms with van der Waals surface area (Å²) >= 11 is 5.94. The average molecular weight is 802 g/mol. The second kappa shape index (κ2) is 17.2. The van der Waals surface area contributed by atoms with Gasteiger partial charge in [0.1, 0.15) is 24.6 Å². The number of hydrogen-bond acceptors (Lipinski definition) is 13. The van der Waals surface area contributed by atoms with Crippen LogP contribution in [0.2, 0.25) is 36.3 Å². The average Bonchev–Trinajstić information content (AvgIpc) is 3.65. The third-order valence-corrected chi connectivity index (χ3v) is 21.4. The Morgan fingerprint density at radius 2 is 1.55 bits per heavy atom. The lowest BCUT2D eigenvalue weighted by Gasteiger charge is -2.42. The van der Waals surface area contributed by atoms with Gasteiger partial charge >= 0.3 is 6.72 Å². The number of hydrogen-bond donors (Lipinski definition) is 1. The molecule has 0 unspecified atom stereocenters. The number of benzene rings is 1. The molecule has 1 N–H and O–H groups in total. The molecular weight excluding hydrogens is 750 g/mol. The molecule has 2 aromatic heterocycles. The summed E-state index contributed by atoms with van der Waals surface area (Å²) in [5, 5.41) is 21.1. The van der Waals surface area contributed by atoms with Crippen LogP contribution in [0, 0.1) is 22.7 Å². The minimum atomic E-state index is -3.61. The predicted molar refractivity (Wildman–Crippen MR) is 210 cm³/mol. The fourth-order valence-electron chi connectivity index (χ4n) is 4.90. The van der Waals surface area contributed by atoms with E-state index in [1.807, 2.05) is 6.07 Å². The highest BCUT2D eigenvalue weighted by atomic mass is 32.5. The molecule has 1 fully saturated rings. The molecule has 288 valence electrons. The van der Waals surface area contributed by atoms with Crippen LogP contribution in [0.5, 0.6) is 0 Å². The summed E-state index contributed by atoms with van der Waals surface area (Å²) in [6.45, 7) is 18.1. The van der Waals surface area contributed by atoms with Gasteiger partial charge in [-0.1, -0.05) is 59.7 Å². The molecule has 1 aliphatic heterocycles. The van der Waals surface area contributed by atoms with Crippen molar-refractivity contribution in [1.82, 2.24) is 19.5 Å². The molecule has 0 spiro atoms. The Morgan fingerprint density at radius 1 is 0.943 bits per heavy atom. The van der Waals surface area contributed by atoms with Crippen molar-refractivity contribution in [1.29, 1.82) is 10.5 Å². The molecule has 4 rings (SSSR count). The Kier molecular flexibility index (Phi) is 13.9. The molecule has 4 atom stereocenters. The van der Waals surface area contributed by atoms with Crippen LogP contribution in [0.3, 0.4) is 0 Å². The summed E-state index contributed by atoms with van der Waals surface area (Å²) in [4.78, 5) is 26.6. The van der Waals surface area contributed by atoms with Crippen LogP contribution in [-0.2, 0) is 39.0 Å². The summed E-state index contributed by atoms with van der Waals surface area (Å²) in [6.07, 6.45) is -0.222. The number of nitrogens with zero attached hydrogens (tertiary/aromatic N) is 6. The first kappa shape index (κ1) is 42.8. The number of nitrogens with one attached hydrogen (secondary N) is 1. The normalized spacial score (nSPS) is 19.9. The first-order valence-electron chi connectivity index (χ1n) is 17.6. The van der Waals surface area contributed by atoms with Crippen LogP contribution < -0.4 is 5.32 Å². The van der Waals surface area contributed by atoms with Gasteiger partial charge in [-0.05, 0) is 60.2 Å². The molecule has 1 aromatic carbocycles. The number of ether oxygens (including phenoxy) is 1. The zero-order chi connectivity index (χ0) is 39.2. The van der Waals surface area contributed by atoms with E-state index >= 15 is 0 Å². The number of imidazole rings is 1. The van der Waals surface area contributed by atoms with E-state index < -0.39 is 47.9 Å². The van der Waals surface area contributed by atoms with Gasteiger partial charge in [-0.15, -0.1) is 0 Å². The van der Waals surface area contributed by atoms with Crippen LogP contribution >= 0.6 is 6.72 Å². The number of carbonyl (C=O) groups excluding carboxylic acids is 1. The summed E-state index contributed by atoms with van der Waals surface area (Å²) in [6, 6.07) is 12.9. The van der Waals surface area contributed by atoms with Gasteiger partial charge in [0.25, 0.3) is 5.91 Å². The van der Waals surface area contributed by atoms with Gasteiger partial charge in [0.15, 0.2) is 39.8 Å². The molecule has 1 saturated heterocycles. The molecule has 14 nitrogen and oxygen atoms in total. The topological polar surface area (TPSA) is 176 Å². The van der Waals surface area contributed by atoms with E-state index in [9.17, 15) is 15.3 Å². The summed E-state index contributed by atoms with van der Waals surface area (Å²) in [7, 11) is -4.78. The maximum absolute atomic E-state index is 13.1. The van der Waals surface area contributed by atoms with Crippen molar-refractivity contribution in [3.05, 3.63) is 48.5 Å². The van der Waals surface area contributed by atoms with Crippen molar-refractivity contribution in [2.45, 2.75) is 115 Å². The predicted octanol–water partition coefficient (Wildman–Crippen LogP) is 7.86. The molecule has 0 bridgehead atoms. The monoisotopic (exact) mass is 801 g/mol. The van der Waals surface area contributed by atoms with E-state index in [-0.39, 0.29) is 54.5 Å². The first-order chi connectivity index (χ1) is 24.7. The third-order valence-electron chi connectivity index (χ3n) is 10.0. The maximum atomic E-state index is 13.1. The van der Waals surface area contributed by atoms with E-state index in [4.69, 9.17) is 39.0 Å². The van der Waals surface area contributed by atoms with Crippen molar-refractivity contribution in [3.8, 4) is 12.1 Å². The molecular formula is C35H52N7O7PSSi2. The molecule has 3 heterocycles. The van der Waals surface area contributed by atoms with Gasteiger partial charge in [0, 0.05) is 5.56 Å². The van der Waals surface area contributed by atoms with Gasteiger partial charge in [-0.2, -0.15) is 10.5 Å². The van der Waals surface area contributed by atoms with Crippen molar-refractivity contribution < 1.29 is 32.0 Å². The van der Waals surface area contributed by atoms with E-state index in [0.717, 1.165) is 0 Å². The lowest BCUT2D eigenvalue weighted by atomic mass is 10.1. The van der Waals surface area contributed by atoms with E-state index in [2.05, 4.69) is 100 Å². The van der Waals surface area contributed by atoms with Crippen molar-refractivity contribution in [2.75, 3.05) is 25.1 Å². The molecule has 0 radical (unpaired) electrons. The minimum Gasteiger partial charge on any atom is -0.414 e. The first-order valence-corrected chi connectivity index (χ1v) is 25.9. The highest BCUT2D eigenvalue weighted by molar-refractivity contribution is 8.07. The van der Waals surface area contributed by atoms with Crippen LogP contribution in [0.1, 0.15) is 71.0 Å². The van der Waals surface area contributed by atoms with Crippen LogP contribution in [0.25, 0.3) is 11.2 Å². The summed E-state index contributed by atoms with van der Waals surface area (Å²) < 4.78 is 41.3. The number of nitriles is 2. The Bertz CT molecular complexity index is 1830. The van der Waals surface area contributed by atoms with Gasteiger partial charge in [0.2, 0.25) is 0 Å². The summed E-state index contributed by atoms with van der Waals surface area (Å²) in [5.41, 5.74) is 1.15. The largest absolute Gasteiger partial charge is 0.414 e. The van der Waals surface area contributed by atoms with Crippen LogP contribution in [-0.4, -0.2) is 80.2 Å². The van der Waals surface area contributed by atoms with Crippen molar-refractivity contribution in [3.63, 3.8) is 0 Å². The molecule has 3 aromatic rings. The quantitative estimate of drug-likeness (QED) is 0.0843. The lowest BCUT2D eigenvalue weighted by molar-refractivity contribution is -0.0479. The minimum absolute atomic E-state index is 0.0318. The lowest BCUT2D eigenvalue weighted by Crippen LogP contribution is -2.51. The molecule has 0 saturated carbocycles. The number of rotatable bonds is 16. The molecule has 53 heavy (non-hydrogen) atoms. The van der Waals surface area contributed by atoms with Gasteiger partial charge in [0.05, 0.1) is 51.1 Å². The maximum Gasteiger partial charge on any atom is 0.327 e. The van der Waals surface area contributed by atoms with E-state index in [0.29, 0.717) is 16.7 Å². The van der Waals surface area contributed by atoms with E-state index in [1.165, 1.54) is 6.33 Å². The number of aromatic nitrogens is 4. The fourth-order valence-corrected chi connectivity index (χ4v) is 9.32. The molecule has 1 amide bonds. The smallest absolute Gasteiger partial charge is 0.327 e. The summed E-state index contributed by atoms with van der Waals surface area (Å²) in [5.74, 6) is -0.136. The highest BCUT2D eigenvalue weighted by Crippen LogP contribution is 2.55. The SMILES string of the molecule is CC(C)(C)[Si](C)(C)OC[C@H]1O[C@@H](n2cnc3c(NC(=O)c4ccccc4)ncnc32)[C@H](OP(=S)(OCCC#N)OCCC#N)[C@@H]1O[Si](C)(C)C(C)(C)C. The van der Waals surface area contributed by atoms with Crippen LogP contribution in [0.4, 0.5) is 5.82 Å². The Balaban J connectivity index is 1.84. The van der Waals surface area contributed by atoms with Gasteiger partial charge in [-0.25, -0.2) is 15.0 Å². The number of fused-ring (bicyclic) bond motifs is 1. The van der Waals surface area contributed by atoms with Gasteiger partial charge < -0.3 is 28.0 Å². The van der Waals surface area contributed by atoms with E-state index in [1.54, 1.807) is 35.2 Å². The van der Waals surface area contributed by atoms with Gasteiger partial charge in [-0.3, -0.25) is 13.9 Å². The molecule has 18 heteroatoms. The Morgan fingerprint density at radius 3 is 2.11 bits per heavy atom.